The first-order valence-electron chi connectivity index (χ1n) is 8.35. The van der Waals surface area contributed by atoms with Crippen LogP contribution in [0.1, 0.15) is 29.7 Å². The molecule has 0 saturated carbocycles. The van der Waals surface area contributed by atoms with E-state index in [9.17, 15) is 21.6 Å². The molecule has 12 heteroatoms. The lowest BCUT2D eigenvalue weighted by Gasteiger charge is -2.15. The molecule has 0 radical (unpaired) electrons. The largest absolute Gasteiger partial charge is 0.416 e. The fourth-order valence-electron chi connectivity index (χ4n) is 3.31. The summed E-state index contributed by atoms with van der Waals surface area (Å²) in [5, 5.41) is 0.441. The number of hydrogen-bond acceptors (Lipinski definition) is 3. The number of nitrogens with zero attached hydrogens (tertiary/aromatic N) is 1. The van der Waals surface area contributed by atoms with Crippen LogP contribution in [0.3, 0.4) is 0 Å². The zero-order valence-corrected chi connectivity index (χ0v) is 19.0. The fraction of sp³-hybridized carbons (Fsp3) is 0.333. The summed E-state index contributed by atoms with van der Waals surface area (Å²) >= 11 is 22.7. The van der Waals surface area contributed by atoms with Gasteiger partial charge in [-0.2, -0.15) is 25.9 Å². The van der Waals surface area contributed by atoms with E-state index in [1.807, 2.05) is 0 Å². The van der Waals surface area contributed by atoms with Crippen molar-refractivity contribution in [1.29, 1.82) is 0 Å². The van der Waals surface area contributed by atoms with Crippen LogP contribution in [0.25, 0.3) is 0 Å². The van der Waals surface area contributed by atoms with Crippen molar-refractivity contribution in [3.05, 3.63) is 70.2 Å². The van der Waals surface area contributed by atoms with E-state index < -0.39 is 44.0 Å². The maximum absolute atomic E-state index is 12.9. The van der Waals surface area contributed by atoms with Crippen molar-refractivity contribution in [2.45, 2.75) is 28.5 Å². The summed E-state index contributed by atoms with van der Waals surface area (Å²) in [6.45, 7) is 0.891. The van der Waals surface area contributed by atoms with Crippen molar-refractivity contribution in [2.75, 3.05) is 6.61 Å². The van der Waals surface area contributed by atoms with E-state index in [1.165, 1.54) is 12.1 Å². The Balaban J connectivity index is 2.01. The first-order chi connectivity index (χ1) is 13.7. The molecule has 1 fully saturated rings. The molecule has 2 aromatic carbocycles. The molecule has 0 N–H and O–H groups in total. The second-order valence-electron chi connectivity index (χ2n) is 6.81. The van der Waals surface area contributed by atoms with Gasteiger partial charge in [-0.25, -0.2) is 0 Å². The zero-order chi connectivity index (χ0) is 22.5. The molecular weight excluding hydrogens is 509 g/mol. The lowest BCUT2D eigenvalue weighted by molar-refractivity contribution is -0.137. The van der Waals surface area contributed by atoms with Gasteiger partial charge < -0.3 is 0 Å². The standard InChI is InChI=1S/C18H14Cl4F3NO3S/c1-16(12-6-8-14(19)9-7-12)15(11-2-4-13(5-3-11)18(23,24)25)26(16)30(27,28)29-10-17(20,21)22/h2-9,15H,10H2,1H3. The topological polar surface area (TPSA) is 46.4 Å². The molecule has 4 nitrogen and oxygen atoms in total. The van der Waals surface area contributed by atoms with Gasteiger partial charge >= 0.3 is 16.5 Å². The van der Waals surface area contributed by atoms with E-state index in [2.05, 4.69) is 0 Å². The highest BCUT2D eigenvalue weighted by Gasteiger charge is 2.67. The molecule has 3 rings (SSSR count). The molecule has 0 bridgehead atoms. The molecule has 0 aliphatic carbocycles. The van der Waals surface area contributed by atoms with Gasteiger partial charge in [-0.05, 0) is 42.3 Å². The second kappa shape index (κ2) is 7.99. The molecule has 30 heavy (non-hydrogen) atoms. The van der Waals surface area contributed by atoms with Crippen molar-refractivity contribution >= 4 is 56.7 Å². The van der Waals surface area contributed by atoms with Crippen LogP contribution in [-0.2, 0) is 26.2 Å². The summed E-state index contributed by atoms with van der Waals surface area (Å²) in [6, 6.07) is 9.83. The van der Waals surface area contributed by atoms with E-state index in [4.69, 9.17) is 50.6 Å². The predicted molar refractivity (Wildman–Crippen MR) is 110 cm³/mol. The van der Waals surface area contributed by atoms with Crippen molar-refractivity contribution in [3.8, 4) is 0 Å². The first-order valence-corrected chi connectivity index (χ1v) is 11.2. The Morgan fingerprint density at radius 3 is 2.03 bits per heavy atom. The van der Waals surface area contributed by atoms with E-state index in [0.29, 0.717) is 16.1 Å². The molecule has 0 amide bonds. The lowest BCUT2D eigenvalue weighted by atomic mass is 9.93. The van der Waals surface area contributed by atoms with Gasteiger partial charge in [0.15, 0.2) is 0 Å². The lowest BCUT2D eigenvalue weighted by Crippen LogP contribution is -2.26. The van der Waals surface area contributed by atoms with Crippen LogP contribution >= 0.6 is 46.4 Å². The molecular formula is C18H14Cl4F3NO3S. The average molecular weight is 523 g/mol. The summed E-state index contributed by atoms with van der Waals surface area (Å²) in [5.74, 6) is 0. The average Bonchev–Trinajstić information content (AvgIpc) is 3.28. The molecule has 0 spiro atoms. The Kier molecular flexibility index (Phi) is 6.37. The summed E-state index contributed by atoms with van der Waals surface area (Å²) in [5.41, 5.74) is -1.07. The van der Waals surface area contributed by atoms with Gasteiger partial charge in [-0.3, -0.25) is 4.18 Å². The zero-order valence-electron chi connectivity index (χ0n) is 15.1. The van der Waals surface area contributed by atoms with Gasteiger partial charge in [0.1, 0.15) is 6.61 Å². The van der Waals surface area contributed by atoms with E-state index in [-0.39, 0.29) is 0 Å². The van der Waals surface area contributed by atoms with Crippen LogP contribution < -0.4 is 0 Å². The number of alkyl halides is 6. The van der Waals surface area contributed by atoms with Crippen molar-refractivity contribution in [1.82, 2.24) is 4.31 Å². The smallest absolute Gasteiger partial charge is 0.253 e. The molecule has 0 aromatic heterocycles. The highest BCUT2D eigenvalue weighted by molar-refractivity contribution is 7.84. The molecule has 1 heterocycles. The monoisotopic (exact) mass is 521 g/mol. The third-order valence-corrected chi connectivity index (χ3v) is 6.82. The third-order valence-electron chi connectivity index (χ3n) is 4.75. The van der Waals surface area contributed by atoms with Crippen LogP contribution in [0.4, 0.5) is 13.2 Å². The molecule has 1 aliphatic rings. The van der Waals surface area contributed by atoms with Crippen LogP contribution in [0, 0.1) is 0 Å². The summed E-state index contributed by atoms with van der Waals surface area (Å²) in [4.78, 5) is 0. The highest BCUT2D eigenvalue weighted by Crippen LogP contribution is 2.62. The second-order valence-corrected chi connectivity index (χ2v) is 11.2. The van der Waals surface area contributed by atoms with Crippen LogP contribution in [0.5, 0.6) is 0 Å². The molecule has 1 aliphatic heterocycles. The molecule has 1 saturated heterocycles. The number of hydrogen-bond donors (Lipinski definition) is 0. The Labute approximate surface area is 191 Å². The minimum absolute atomic E-state index is 0.349. The number of rotatable bonds is 5. The Morgan fingerprint density at radius 2 is 1.57 bits per heavy atom. The van der Waals surface area contributed by atoms with Crippen molar-refractivity contribution in [3.63, 3.8) is 0 Å². The third kappa shape index (κ3) is 4.85. The highest BCUT2D eigenvalue weighted by atomic mass is 35.6. The summed E-state index contributed by atoms with van der Waals surface area (Å²) in [7, 11) is -4.40. The van der Waals surface area contributed by atoms with Gasteiger partial charge in [0.2, 0.25) is 3.79 Å². The maximum Gasteiger partial charge on any atom is 0.416 e. The SMILES string of the molecule is CC1(c2ccc(Cl)cc2)C(c2ccc(C(F)(F)F)cc2)N1S(=O)(=O)OCC(Cl)(Cl)Cl. The number of halogens is 7. The van der Waals surface area contributed by atoms with Crippen molar-refractivity contribution in [2.24, 2.45) is 0 Å². The van der Waals surface area contributed by atoms with Gasteiger partial charge in [0, 0.05) is 5.02 Å². The van der Waals surface area contributed by atoms with E-state index in [1.54, 1.807) is 31.2 Å². The molecule has 3 unspecified atom stereocenters. The Morgan fingerprint density at radius 1 is 1.03 bits per heavy atom. The van der Waals surface area contributed by atoms with Crippen molar-refractivity contribution < 1.29 is 25.8 Å². The van der Waals surface area contributed by atoms with Crippen LogP contribution in [-0.4, -0.2) is 23.1 Å². The maximum atomic E-state index is 12.9. The minimum atomic E-state index is -4.51. The quantitative estimate of drug-likeness (QED) is 0.344. The number of benzene rings is 2. The Bertz CT molecular complexity index is 1020. The molecule has 164 valence electrons. The minimum Gasteiger partial charge on any atom is -0.253 e. The van der Waals surface area contributed by atoms with E-state index in [0.717, 1.165) is 16.4 Å². The predicted octanol–water partition coefficient (Wildman–Crippen LogP) is 6.26. The summed E-state index contributed by atoms with van der Waals surface area (Å²) < 4.78 is 68.3. The van der Waals surface area contributed by atoms with Gasteiger partial charge in [0.05, 0.1) is 17.1 Å². The summed E-state index contributed by atoms with van der Waals surface area (Å²) in [6.07, 6.45) is -4.51. The van der Waals surface area contributed by atoms with E-state index >= 15 is 0 Å². The van der Waals surface area contributed by atoms with Gasteiger partial charge in [0.25, 0.3) is 0 Å². The van der Waals surface area contributed by atoms with Crippen LogP contribution in [0.2, 0.25) is 5.02 Å². The Hall–Kier alpha value is -0.740. The van der Waals surface area contributed by atoms with Crippen LogP contribution in [0.15, 0.2) is 48.5 Å². The van der Waals surface area contributed by atoms with Gasteiger partial charge in [-0.1, -0.05) is 70.7 Å². The first kappa shape index (κ1) is 23.9. The normalized spacial score (nSPS) is 24.7. The molecule has 2 aromatic rings. The fourth-order valence-corrected chi connectivity index (χ4v) is 5.44. The van der Waals surface area contributed by atoms with Gasteiger partial charge in [-0.15, -0.1) is 0 Å². The molecule has 3 atom stereocenters.